The topological polar surface area (TPSA) is 49.8 Å². The number of ether oxygens (including phenoxy) is 1. The molecule has 154 valence electrons. The molecular weight excluding hydrogens is 369 g/mol. The van der Waals surface area contributed by atoms with Crippen molar-refractivity contribution >= 4 is 6.09 Å². The summed E-state index contributed by atoms with van der Waals surface area (Å²) in [6.07, 6.45) is 3.81. The number of hydrogen-bond acceptors (Lipinski definition) is 3. The van der Waals surface area contributed by atoms with E-state index in [-0.39, 0.29) is 24.6 Å². The van der Waals surface area contributed by atoms with Gasteiger partial charge in [0.2, 0.25) is 0 Å². The molecule has 5 heteroatoms. The Bertz CT molecular complexity index is 847. The molecule has 4 rings (SSSR count). The molecule has 0 unspecified atom stereocenters. The summed E-state index contributed by atoms with van der Waals surface area (Å²) in [4.78, 5) is 14.7. The number of halogens is 1. The summed E-state index contributed by atoms with van der Waals surface area (Å²) in [6.45, 7) is 2.59. The molecule has 1 saturated heterocycles. The highest BCUT2D eigenvalue weighted by Gasteiger charge is 2.43. The predicted molar refractivity (Wildman–Crippen MR) is 109 cm³/mol. The van der Waals surface area contributed by atoms with Gasteiger partial charge in [-0.05, 0) is 67.3 Å². The maximum Gasteiger partial charge on any atom is 0.411 e. The second-order valence-corrected chi connectivity index (χ2v) is 8.26. The molecule has 1 saturated carbocycles. The van der Waals surface area contributed by atoms with Crippen LogP contribution in [0.2, 0.25) is 0 Å². The molecule has 1 aliphatic heterocycles. The summed E-state index contributed by atoms with van der Waals surface area (Å²) in [5, 5.41) is 9.31. The van der Waals surface area contributed by atoms with E-state index in [0.29, 0.717) is 31.7 Å². The number of cyclic esters (lactones) is 1. The van der Waals surface area contributed by atoms with Crippen molar-refractivity contribution in [3.8, 4) is 0 Å². The first-order chi connectivity index (χ1) is 14.0. The molecule has 29 heavy (non-hydrogen) atoms. The van der Waals surface area contributed by atoms with E-state index in [1.54, 1.807) is 17.0 Å². The van der Waals surface area contributed by atoms with Crippen LogP contribution in [0, 0.1) is 5.82 Å². The van der Waals surface area contributed by atoms with Crippen LogP contribution in [-0.2, 0) is 10.3 Å². The van der Waals surface area contributed by atoms with Gasteiger partial charge in [0.15, 0.2) is 0 Å². The van der Waals surface area contributed by atoms with Crippen LogP contribution < -0.4 is 0 Å². The van der Waals surface area contributed by atoms with Crippen molar-refractivity contribution in [1.29, 1.82) is 0 Å². The third-order valence-electron chi connectivity index (χ3n) is 6.32. The van der Waals surface area contributed by atoms with E-state index in [1.165, 1.54) is 30.5 Å². The van der Waals surface area contributed by atoms with Gasteiger partial charge in [0.25, 0.3) is 0 Å². The number of aliphatic hydroxyl groups is 1. The van der Waals surface area contributed by atoms with Gasteiger partial charge in [-0.1, -0.05) is 36.4 Å². The Morgan fingerprint density at radius 2 is 1.86 bits per heavy atom. The SMILES string of the molecule is C[C@@H](c1ccc(C2CC2)cc1)N1CC[C@](CCCO)(c2ccc(F)cc2)OC1=O. The quantitative estimate of drug-likeness (QED) is 0.692. The first kappa shape index (κ1) is 19.9. The van der Waals surface area contributed by atoms with Crippen LogP contribution in [-0.4, -0.2) is 29.3 Å². The van der Waals surface area contributed by atoms with Crippen molar-refractivity contribution in [2.45, 2.75) is 56.6 Å². The van der Waals surface area contributed by atoms with Crippen molar-refractivity contribution in [3.05, 3.63) is 71.0 Å². The summed E-state index contributed by atoms with van der Waals surface area (Å²) in [6, 6.07) is 14.6. The van der Waals surface area contributed by atoms with Gasteiger partial charge in [-0.3, -0.25) is 0 Å². The van der Waals surface area contributed by atoms with E-state index >= 15 is 0 Å². The number of amides is 1. The standard InChI is InChI=1S/C24H28FNO3/c1-17(18-3-5-19(6-4-18)20-7-8-20)26-15-14-24(13-2-16-27,29-23(26)28)21-9-11-22(25)12-10-21/h3-6,9-12,17,20,27H,2,7-8,13-16H2,1H3/t17-,24+/m0/s1. The van der Waals surface area contributed by atoms with E-state index in [1.807, 2.05) is 6.92 Å². The zero-order valence-corrected chi connectivity index (χ0v) is 16.8. The third kappa shape index (κ3) is 4.15. The van der Waals surface area contributed by atoms with Crippen molar-refractivity contribution in [3.63, 3.8) is 0 Å². The molecule has 1 N–H and O–H groups in total. The lowest BCUT2D eigenvalue weighted by atomic mass is 9.84. The molecular formula is C24H28FNO3. The Kier molecular flexibility index (Phi) is 5.59. The number of aliphatic hydroxyl groups excluding tert-OH is 1. The molecule has 2 fully saturated rings. The molecule has 1 aliphatic carbocycles. The fourth-order valence-corrected chi connectivity index (χ4v) is 4.31. The molecule has 1 amide bonds. The second-order valence-electron chi connectivity index (χ2n) is 8.26. The smallest absolute Gasteiger partial charge is 0.411 e. The van der Waals surface area contributed by atoms with E-state index in [9.17, 15) is 14.3 Å². The Morgan fingerprint density at radius 3 is 2.45 bits per heavy atom. The zero-order chi connectivity index (χ0) is 20.4. The van der Waals surface area contributed by atoms with Crippen LogP contribution in [0.4, 0.5) is 9.18 Å². The molecule has 2 aromatic rings. The van der Waals surface area contributed by atoms with Crippen LogP contribution in [0.5, 0.6) is 0 Å². The van der Waals surface area contributed by atoms with Crippen LogP contribution >= 0.6 is 0 Å². The number of hydrogen-bond donors (Lipinski definition) is 1. The maximum absolute atomic E-state index is 13.4. The molecule has 2 atom stereocenters. The van der Waals surface area contributed by atoms with E-state index in [4.69, 9.17) is 4.74 Å². The van der Waals surface area contributed by atoms with Gasteiger partial charge in [-0.2, -0.15) is 0 Å². The Morgan fingerprint density at radius 1 is 1.17 bits per heavy atom. The highest BCUT2D eigenvalue weighted by Crippen LogP contribution is 2.42. The summed E-state index contributed by atoms with van der Waals surface area (Å²) in [5.74, 6) is 0.389. The normalized spacial score (nSPS) is 23.0. The van der Waals surface area contributed by atoms with Crippen molar-refractivity contribution in [1.82, 2.24) is 4.90 Å². The van der Waals surface area contributed by atoms with Crippen LogP contribution in [0.1, 0.15) is 67.7 Å². The van der Waals surface area contributed by atoms with Crippen LogP contribution in [0.15, 0.2) is 48.5 Å². The van der Waals surface area contributed by atoms with Gasteiger partial charge in [0.05, 0.1) is 6.04 Å². The summed E-state index contributed by atoms with van der Waals surface area (Å²) in [7, 11) is 0. The highest BCUT2D eigenvalue weighted by molar-refractivity contribution is 5.70. The Balaban J connectivity index is 1.51. The minimum Gasteiger partial charge on any atom is -0.438 e. The number of rotatable bonds is 7. The number of carbonyl (C=O) groups excluding carboxylic acids is 1. The van der Waals surface area contributed by atoms with Crippen molar-refractivity contribution in [2.24, 2.45) is 0 Å². The Labute approximate surface area is 171 Å². The van der Waals surface area contributed by atoms with Crippen LogP contribution in [0.25, 0.3) is 0 Å². The first-order valence-corrected chi connectivity index (χ1v) is 10.5. The lowest BCUT2D eigenvalue weighted by Gasteiger charge is -2.43. The largest absolute Gasteiger partial charge is 0.438 e. The average molecular weight is 397 g/mol. The van der Waals surface area contributed by atoms with Crippen molar-refractivity contribution < 1.29 is 19.0 Å². The van der Waals surface area contributed by atoms with E-state index < -0.39 is 5.60 Å². The molecule has 0 bridgehead atoms. The van der Waals surface area contributed by atoms with Gasteiger partial charge < -0.3 is 14.7 Å². The first-order valence-electron chi connectivity index (χ1n) is 10.5. The zero-order valence-electron chi connectivity index (χ0n) is 16.8. The Hall–Kier alpha value is -2.40. The van der Waals surface area contributed by atoms with Gasteiger partial charge >= 0.3 is 6.09 Å². The molecule has 2 aromatic carbocycles. The van der Waals surface area contributed by atoms with Gasteiger partial charge in [0, 0.05) is 19.6 Å². The number of carbonyl (C=O) groups is 1. The molecule has 4 nitrogen and oxygen atoms in total. The second kappa shape index (κ2) is 8.15. The molecule has 0 aromatic heterocycles. The average Bonchev–Trinajstić information content (AvgIpc) is 3.58. The fraction of sp³-hybridized carbons (Fsp3) is 0.458. The minimum atomic E-state index is -0.820. The summed E-state index contributed by atoms with van der Waals surface area (Å²) < 4.78 is 19.4. The van der Waals surface area contributed by atoms with Gasteiger partial charge in [0.1, 0.15) is 11.4 Å². The maximum atomic E-state index is 13.4. The number of nitrogens with zero attached hydrogens (tertiary/aromatic N) is 1. The third-order valence-corrected chi connectivity index (χ3v) is 6.32. The highest BCUT2D eigenvalue weighted by atomic mass is 19.1. The molecule has 1 heterocycles. The summed E-state index contributed by atoms with van der Waals surface area (Å²) >= 11 is 0. The van der Waals surface area contributed by atoms with E-state index in [0.717, 1.165) is 11.1 Å². The minimum absolute atomic E-state index is 0.0218. The van der Waals surface area contributed by atoms with E-state index in [2.05, 4.69) is 24.3 Å². The van der Waals surface area contributed by atoms with Gasteiger partial charge in [-0.25, -0.2) is 9.18 Å². The van der Waals surface area contributed by atoms with Crippen molar-refractivity contribution in [2.75, 3.05) is 13.2 Å². The van der Waals surface area contributed by atoms with Gasteiger partial charge in [-0.15, -0.1) is 0 Å². The molecule has 2 aliphatic rings. The monoisotopic (exact) mass is 397 g/mol. The molecule has 0 radical (unpaired) electrons. The predicted octanol–water partition coefficient (Wildman–Crippen LogP) is 5.27. The lowest BCUT2D eigenvalue weighted by molar-refractivity contribution is -0.0680. The summed E-state index contributed by atoms with van der Waals surface area (Å²) in [5.41, 5.74) is 2.43. The molecule has 0 spiro atoms. The lowest BCUT2D eigenvalue weighted by Crippen LogP contribution is -2.48. The van der Waals surface area contributed by atoms with Crippen LogP contribution in [0.3, 0.4) is 0 Å². The number of benzene rings is 2. The fourth-order valence-electron chi connectivity index (χ4n) is 4.31.